The predicted octanol–water partition coefficient (Wildman–Crippen LogP) is 3.66. The van der Waals surface area contributed by atoms with E-state index in [1.807, 2.05) is 10.8 Å². The summed E-state index contributed by atoms with van der Waals surface area (Å²) in [6.45, 7) is 7.05. The fourth-order valence-electron chi connectivity index (χ4n) is 1.68. The molecule has 3 nitrogen and oxygen atoms in total. The predicted molar refractivity (Wildman–Crippen MR) is 77.8 cm³/mol. The lowest BCUT2D eigenvalue weighted by atomic mass is 10.1. The maximum atomic E-state index is 13.3. The first-order valence-corrected chi connectivity index (χ1v) is 6.88. The van der Waals surface area contributed by atoms with Crippen molar-refractivity contribution < 1.29 is 4.39 Å². The van der Waals surface area contributed by atoms with Crippen LogP contribution in [-0.2, 0) is 6.54 Å². The van der Waals surface area contributed by atoms with E-state index in [1.54, 1.807) is 18.5 Å². The van der Waals surface area contributed by atoms with E-state index < -0.39 is 0 Å². The summed E-state index contributed by atoms with van der Waals surface area (Å²) in [5, 5.41) is 3.41. The highest BCUT2D eigenvalue weighted by atomic mass is 79.9. The summed E-state index contributed by atoms with van der Waals surface area (Å²) >= 11 is 3.20. The van der Waals surface area contributed by atoms with E-state index in [1.165, 1.54) is 6.07 Å². The van der Waals surface area contributed by atoms with Gasteiger partial charge in [0.05, 0.1) is 16.5 Å². The summed E-state index contributed by atoms with van der Waals surface area (Å²) in [6.07, 6.45) is 3.55. The summed E-state index contributed by atoms with van der Waals surface area (Å²) in [5.41, 5.74) is 1.96. The van der Waals surface area contributed by atoms with Crippen LogP contribution in [0.15, 0.2) is 35.2 Å². The van der Waals surface area contributed by atoms with Crippen molar-refractivity contribution in [3.63, 3.8) is 0 Å². The molecule has 0 amide bonds. The Morgan fingerprint density at radius 3 is 2.74 bits per heavy atom. The molecule has 0 aliphatic rings. The zero-order valence-corrected chi connectivity index (χ0v) is 12.8. The smallest absolute Gasteiger partial charge is 0.137 e. The molecular formula is C14H17BrFN3. The molecular weight excluding hydrogens is 309 g/mol. The molecule has 0 spiro atoms. The van der Waals surface area contributed by atoms with Crippen LogP contribution in [0.3, 0.4) is 0 Å². The van der Waals surface area contributed by atoms with Crippen molar-refractivity contribution in [2.45, 2.75) is 32.9 Å². The van der Waals surface area contributed by atoms with Gasteiger partial charge >= 0.3 is 0 Å². The lowest BCUT2D eigenvalue weighted by Gasteiger charge is -2.21. The van der Waals surface area contributed by atoms with Crippen molar-refractivity contribution in [3.8, 4) is 5.69 Å². The Hall–Kier alpha value is -1.20. The second kappa shape index (κ2) is 5.43. The van der Waals surface area contributed by atoms with Gasteiger partial charge in [-0.2, -0.15) is 0 Å². The van der Waals surface area contributed by atoms with Gasteiger partial charge in [0.25, 0.3) is 0 Å². The number of nitrogens with zero attached hydrogens (tertiary/aromatic N) is 2. The van der Waals surface area contributed by atoms with E-state index in [9.17, 15) is 4.39 Å². The molecule has 0 fully saturated rings. The Balaban J connectivity index is 2.26. The minimum Gasteiger partial charge on any atom is -0.306 e. The normalized spacial score (nSPS) is 11.8. The molecule has 1 N–H and O–H groups in total. The number of rotatable bonds is 3. The number of nitrogens with one attached hydrogen (secondary N) is 1. The minimum atomic E-state index is -0.266. The van der Waals surface area contributed by atoms with Crippen LogP contribution < -0.4 is 5.32 Å². The van der Waals surface area contributed by atoms with E-state index >= 15 is 0 Å². The second-order valence-electron chi connectivity index (χ2n) is 5.46. The van der Waals surface area contributed by atoms with Crippen LogP contribution in [0, 0.1) is 5.82 Å². The molecule has 0 atom stereocenters. The van der Waals surface area contributed by atoms with Gasteiger partial charge in [-0.15, -0.1) is 0 Å². The molecule has 1 aromatic heterocycles. The molecule has 2 rings (SSSR count). The van der Waals surface area contributed by atoms with Gasteiger partial charge in [0, 0.05) is 24.0 Å². The van der Waals surface area contributed by atoms with Crippen molar-refractivity contribution in [1.82, 2.24) is 14.9 Å². The van der Waals surface area contributed by atoms with Gasteiger partial charge in [-0.3, -0.25) is 0 Å². The van der Waals surface area contributed by atoms with Crippen LogP contribution in [0.1, 0.15) is 26.5 Å². The third kappa shape index (κ3) is 3.64. The summed E-state index contributed by atoms with van der Waals surface area (Å²) in [6, 6.07) is 4.93. The number of imidazole rings is 1. The van der Waals surface area contributed by atoms with Gasteiger partial charge in [0.2, 0.25) is 0 Å². The molecule has 0 aliphatic heterocycles. The van der Waals surface area contributed by atoms with Gasteiger partial charge < -0.3 is 9.88 Å². The van der Waals surface area contributed by atoms with E-state index in [0.717, 1.165) is 11.4 Å². The maximum Gasteiger partial charge on any atom is 0.137 e. The number of hydrogen-bond donors (Lipinski definition) is 1. The lowest BCUT2D eigenvalue weighted by Crippen LogP contribution is -2.35. The Bertz CT molecular complexity index is 572. The molecule has 2 aromatic rings. The molecule has 1 aromatic carbocycles. The molecule has 5 heteroatoms. The van der Waals surface area contributed by atoms with E-state index in [0.29, 0.717) is 11.0 Å². The topological polar surface area (TPSA) is 29.9 Å². The average Bonchev–Trinajstić information content (AvgIpc) is 2.77. The Labute approximate surface area is 121 Å². The number of benzene rings is 1. The quantitative estimate of drug-likeness (QED) is 0.933. The zero-order valence-electron chi connectivity index (χ0n) is 11.2. The number of halogens is 2. The molecule has 0 aliphatic carbocycles. The lowest BCUT2D eigenvalue weighted by molar-refractivity contribution is 0.419. The van der Waals surface area contributed by atoms with Crippen molar-refractivity contribution in [3.05, 3.63) is 46.7 Å². The van der Waals surface area contributed by atoms with E-state index in [2.05, 4.69) is 47.0 Å². The molecule has 102 valence electrons. The third-order valence-corrected chi connectivity index (χ3v) is 3.30. The zero-order chi connectivity index (χ0) is 14.0. The Morgan fingerprint density at radius 1 is 1.37 bits per heavy atom. The highest BCUT2D eigenvalue weighted by Crippen LogP contribution is 2.20. The Morgan fingerprint density at radius 2 is 2.11 bits per heavy atom. The molecule has 0 saturated heterocycles. The first kappa shape index (κ1) is 14.2. The highest BCUT2D eigenvalue weighted by molar-refractivity contribution is 9.10. The van der Waals surface area contributed by atoms with Gasteiger partial charge in [-0.25, -0.2) is 9.37 Å². The van der Waals surface area contributed by atoms with Gasteiger partial charge in [0.1, 0.15) is 5.82 Å². The highest BCUT2D eigenvalue weighted by Gasteiger charge is 2.11. The van der Waals surface area contributed by atoms with Crippen molar-refractivity contribution in [2.75, 3.05) is 0 Å². The molecule has 19 heavy (non-hydrogen) atoms. The van der Waals surface area contributed by atoms with Crippen molar-refractivity contribution in [2.24, 2.45) is 0 Å². The van der Waals surface area contributed by atoms with Gasteiger partial charge in [-0.1, -0.05) is 0 Å². The van der Waals surface area contributed by atoms with Crippen LogP contribution in [0.25, 0.3) is 5.69 Å². The fraction of sp³-hybridized carbons (Fsp3) is 0.357. The summed E-state index contributed by atoms with van der Waals surface area (Å²) in [4.78, 5) is 4.17. The van der Waals surface area contributed by atoms with Crippen LogP contribution in [-0.4, -0.2) is 15.1 Å². The standard InChI is InChI=1S/C14H17BrFN3/c1-14(2,3)18-8-11-7-17-9-19(11)10-4-5-13(16)12(15)6-10/h4-7,9,18H,8H2,1-3H3. The molecule has 0 radical (unpaired) electrons. The summed E-state index contributed by atoms with van der Waals surface area (Å²) in [7, 11) is 0. The third-order valence-electron chi connectivity index (χ3n) is 2.70. The number of hydrogen-bond acceptors (Lipinski definition) is 2. The van der Waals surface area contributed by atoms with E-state index in [-0.39, 0.29) is 11.4 Å². The second-order valence-corrected chi connectivity index (χ2v) is 6.31. The SMILES string of the molecule is CC(C)(C)NCc1cncn1-c1ccc(F)c(Br)c1. The van der Waals surface area contributed by atoms with E-state index in [4.69, 9.17) is 0 Å². The van der Waals surface area contributed by atoms with Crippen molar-refractivity contribution in [1.29, 1.82) is 0 Å². The number of aromatic nitrogens is 2. The molecule has 1 heterocycles. The van der Waals surface area contributed by atoms with Crippen LogP contribution >= 0.6 is 15.9 Å². The summed E-state index contributed by atoms with van der Waals surface area (Å²) in [5.74, 6) is -0.266. The van der Waals surface area contributed by atoms with Gasteiger partial charge in [-0.05, 0) is 54.9 Å². The average molecular weight is 326 g/mol. The van der Waals surface area contributed by atoms with Gasteiger partial charge in [0.15, 0.2) is 0 Å². The minimum absolute atomic E-state index is 0.0402. The molecule has 0 bridgehead atoms. The fourth-order valence-corrected chi connectivity index (χ4v) is 2.04. The maximum absolute atomic E-state index is 13.3. The first-order chi connectivity index (χ1) is 8.87. The van der Waals surface area contributed by atoms with Crippen LogP contribution in [0.5, 0.6) is 0 Å². The molecule has 0 unspecified atom stereocenters. The Kier molecular flexibility index (Phi) is 4.06. The largest absolute Gasteiger partial charge is 0.306 e. The molecule has 0 saturated carbocycles. The monoisotopic (exact) mass is 325 g/mol. The van der Waals surface area contributed by atoms with Crippen LogP contribution in [0.4, 0.5) is 4.39 Å². The first-order valence-electron chi connectivity index (χ1n) is 6.08. The van der Waals surface area contributed by atoms with Crippen LogP contribution in [0.2, 0.25) is 0 Å². The summed E-state index contributed by atoms with van der Waals surface area (Å²) < 4.78 is 15.7. The van der Waals surface area contributed by atoms with Crippen molar-refractivity contribution >= 4 is 15.9 Å².